The van der Waals surface area contributed by atoms with Crippen LogP contribution in [-0.2, 0) is 10.0 Å². The minimum atomic E-state index is -3.76. The molecular weight excluding hydrogens is 437 g/mol. The monoisotopic (exact) mass is 449 g/mol. The molecule has 0 unspecified atom stereocenters. The van der Waals surface area contributed by atoms with E-state index in [1.807, 2.05) is 30.3 Å². The van der Waals surface area contributed by atoms with Gasteiger partial charge in [0.1, 0.15) is 5.69 Å². The lowest BCUT2D eigenvalue weighted by Gasteiger charge is -2.08. The third-order valence-electron chi connectivity index (χ3n) is 4.08. The Hall–Kier alpha value is -2.16. The number of thiophene rings is 1. The fraction of sp³-hybridized carbons (Fsp3) is 0. The normalized spacial score (nSPS) is 11.7. The zero-order chi connectivity index (χ0) is 19.9. The van der Waals surface area contributed by atoms with Crippen LogP contribution < -0.4 is 5.14 Å². The summed E-state index contributed by atoms with van der Waals surface area (Å²) in [6.45, 7) is 0. The summed E-state index contributed by atoms with van der Waals surface area (Å²) in [7, 11) is -3.76. The minimum Gasteiger partial charge on any atom is -0.232 e. The van der Waals surface area contributed by atoms with Gasteiger partial charge in [0.2, 0.25) is 10.0 Å². The molecule has 2 aromatic carbocycles. The smallest absolute Gasteiger partial charge is 0.232 e. The van der Waals surface area contributed by atoms with Crippen LogP contribution in [-0.4, -0.2) is 18.2 Å². The Morgan fingerprint density at radius 3 is 2.18 bits per heavy atom. The minimum absolute atomic E-state index is 0.0433. The van der Waals surface area contributed by atoms with E-state index in [0.29, 0.717) is 15.0 Å². The Kier molecular flexibility index (Phi) is 5.03. The van der Waals surface area contributed by atoms with E-state index in [4.69, 9.17) is 33.4 Å². The summed E-state index contributed by atoms with van der Waals surface area (Å²) < 4.78 is 25.5. The van der Waals surface area contributed by atoms with Crippen LogP contribution >= 0.6 is 34.5 Å². The van der Waals surface area contributed by atoms with Crippen molar-refractivity contribution in [1.29, 1.82) is 0 Å². The van der Waals surface area contributed by atoms with Gasteiger partial charge in [0, 0.05) is 10.6 Å². The second-order valence-corrected chi connectivity index (χ2v) is 9.69. The Balaban J connectivity index is 1.87. The summed E-state index contributed by atoms with van der Waals surface area (Å²) >= 11 is 13.5. The average molecular weight is 450 g/mol. The SMILES string of the molecule is NS(=O)(=O)c1ccc(-n2nc(-c3ccc(Cl)s3)cc2-c2ccc(Cl)cc2)cc1. The van der Waals surface area contributed by atoms with Crippen molar-refractivity contribution in [2.75, 3.05) is 0 Å². The van der Waals surface area contributed by atoms with E-state index in [0.717, 1.165) is 21.8 Å². The quantitative estimate of drug-likeness (QED) is 0.463. The van der Waals surface area contributed by atoms with Gasteiger partial charge in [-0.25, -0.2) is 18.2 Å². The van der Waals surface area contributed by atoms with E-state index in [2.05, 4.69) is 0 Å². The molecule has 4 rings (SSSR count). The topological polar surface area (TPSA) is 78.0 Å². The maximum absolute atomic E-state index is 11.5. The molecule has 2 aromatic heterocycles. The maximum atomic E-state index is 11.5. The molecule has 142 valence electrons. The molecule has 0 saturated carbocycles. The summed E-state index contributed by atoms with van der Waals surface area (Å²) in [5, 5.41) is 10.5. The first-order valence-electron chi connectivity index (χ1n) is 8.06. The van der Waals surface area contributed by atoms with Gasteiger partial charge in [0.15, 0.2) is 0 Å². The van der Waals surface area contributed by atoms with Crippen LogP contribution in [0.2, 0.25) is 9.36 Å². The molecule has 2 N–H and O–H groups in total. The number of benzene rings is 2. The molecule has 0 saturated heterocycles. The zero-order valence-corrected chi connectivity index (χ0v) is 17.4. The lowest BCUT2D eigenvalue weighted by atomic mass is 10.1. The van der Waals surface area contributed by atoms with Crippen molar-refractivity contribution in [3.05, 3.63) is 76.1 Å². The molecule has 0 atom stereocenters. The number of sulfonamides is 1. The van der Waals surface area contributed by atoms with Gasteiger partial charge in [0.05, 0.1) is 25.5 Å². The van der Waals surface area contributed by atoms with E-state index in [1.54, 1.807) is 28.9 Å². The Labute approximate surface area is 176 Å². The predicted molar refractivity (Wildman–Crippen MR) is 114 cm³/mol. The zero-order valence-electron chi connectivity index (χ0n) is 14.2. The molecule has 0 amide bonds. The van der Waals surface area contributed by atoms with Gasteiger partial charge < -0.3 is 0 Å². The molecule has 2 heterocycles. The second kappa shape index (κ2) is 7.35. The molecule has 0 bridgehead atoms. The van der Waals surface area contributed by atoms with Gasteiger partial charge in [-0.1, -0.05) is 35.3 Å². The first-order valence-corrected chi connectivity index (χ1v) is 11.2. The van der Waals surface area contributed by atoms with E-state index >= 15 is 0 Å². The molecule has 4 aromatic rings. The van der Waals surface area contributed by atoms with Crippen molar-refractivity contribution < 1.29 is 8.42 Å². The summed E-state index contributed by atoms with van der Waals surface area (Å²) in [6, 6.07) is 19.4. The van der Waals surface area contributed by atoms with Crippen molar-refractivity contribution in [3.63, 3.8) is 0 Å². The molecule has 28 heavy (non-hydrogen) atoms. The molecule has 5 nitrogen and oxygen atoms in total. The van der Waals surface area contributed by atoms with Gasteiger partial charge in [-0.2, -0.15) is 5.10 Å². The van der Waals surface area contributed by atoms with Crippen LogP contribution in [0.25, 0.3) is 27.5 Å². The molecule has 0 aliphatic rings. The van der Waals surface area contributed by atoms with Crippen molar-refractivity contribution >= 4 is 44.6 Å². The lowest BCUT2D eigenvalue weighted by molar-refractivity contribution is 0.598. The first-order chi connectivity index (χ1) is 13.3. The predicted octanol–water partition coefficient (Wildman–Crippen LogP) is 5.22. The summed E-state index contributed by atoms with van der Waals surface area (Å²) in [5.74, 6) is 0. The highest BCUT2D eigenvalue weighted by Gasteiger charge is 2.15. The average Bonchev–Trinajstić information content (AvgIpc) is 3.28. The standard InChI is InChI=1S/C19H13Cl2N3O2S2/c20-13-3-1-12(2-4-13)17-11-16(18-9-10-19(21)27-18)23-24(17)14-5-7-15(8-6-14)28(22,25)26/h1-11H,(H2,22,25,26). The highest BCUT2D eigenvalue weighted by atomic mass is 35.5. The Bertz CT molecular complexity index is 1250. The van der Waals surface area contributed by atoms with E-state index in [9.17, 15) is 8.42 Å². The van der Waals surface area contributed by atoms with Crippen LogP contribution in [0.15, 0.2) is 71.6 Å². The van der Waals surface area contributed by atoms with Gasteiger partial charge in [-0.05, 0) is 54.6 Å². The van der Waals surface area contributed by atoms with Crippen molar-refractivity contribution in [1.82, 2.24) is 9.78 Å². The summed E-state index contributed by atoms with van der Waals surface area (Å²) in [6.07, 6.45) is 0. The van der Waals surface area contributed by atoms with Gasteiger partial charge in [-0.3, -0.25) is 0 Å². The van der Waals surface area contributed by atoms with E-state index in [1.165, 1.54) is 23.5 Å². The van der Waals surface area contributed by atoms with Gasteiger partial charge in [-0.15, -0.1) is 11.3 Å². The number of hydrogen-bond donors (Lipinski definition) is 1. The number of aromatic nitrogens is 2. The fourth-order valence-corrected chi connectivity index (χ4v) is 4.39. The van der Waals surface area contributed by atoms with Gasteiger partial charge in [0.25, 0.3) is 0 Å². The van der Waals surface area contributed by atoms with Crippen LogP contribution in [0.5, 0.6) is 0 Å². The number of nitrogens with zero attached hydrogens (tertiary/aromatic N) is 2. The maximum Gasteiger partial charge on any atom is 0.238 e. The molecular formula is C19H13Cl2N3O2S2. The fourth-order valence-electron chi connectivity index (χ4n) is 2.75. The number of nitrogens with two attached hydrogens (primary N) is 1. The highest BCUT2D eigenvalue weighted by Crippen LogP contribution is 2.34. The summed E-state index contributed by atoms with van der Waals surface area (Å²) in [4.78, 5) is 0.974. The molecule has 0 aliphatic heterocycles. The number of rotatable bonds is 4. The second-order valence-electron chi connectivity index (χ2n) is 5.98. The van der Waals surface area contributed by atoms with Crippen LogP contribution in [0.3, 0.4) is 0 Å². The van der Waals surface area contributed by atoms with Crippen molar-refractivity contribution in [2.45, 2.75) is 4.90 Å². The summed E-state index contributed by atoms with van der Waals surface area (Å²) in [5.41, 5.74) is 3.21. The molecule has 0 spiro atoms. The van der Waals surface area contributed by atoms with E-state index in [-0.39, 0.29) is 4.90 Å². The number of primary sulfonamides is 1. The Morgan fingerprint density at radius 1 is 0.929 bits per heavy atom. The molecule has 9 heteroatoms. The molecule has 0 fully saturated rings. The van der Waals surface area contributed by atoms with Crippen molar-refractivity contribution in [3.8, 4) is 27.5 Å². The molecule has 0 aliphatic carbocycles. The largest absolute Gasteiger partial charge is 0.238 e. The Morgan fingerprint density at radius 2 is 1.61 bits per heavy atom. The first kappa shape index (κ1) is 19.2. The highest BCUT2D eigenvalue weighted by molar-refractivity contribution is 7.89. The van der Waals surface area contributed by atoms with Crippen LogP contribution in [0.4, 0.5) is 0 Å². The van der Waals surface area contributed by atoms with Gasteiger partial charge >= 0.3 is 0 Å². The number of hydrogen-bond acceptors (Lipinski definition) is 4. The molecule has 0 radical (unpaired) electrons. The van der Waals surface area contributed by atoms with Crippen molar-refractivity contribution in [2.24, 2.45) is 5.14 Å². The third-order valence-corrected chi connectivity index (χ3v) is 6.52. The number of halogens is 2. The third kappa shape index (κ3) is 3.85. The lowest BCUT2D eigenvalue weighted by Crippen LogP contribution is -2.12. The van der Waals surface area contributed by atoms with Crippen LogP contribution in [0.1, 0.15) is 0 Å². The van der Waals surface area contributed by atoms with E-state index < -0.39 is 10.0 Å². The van der Waals surface area contributed by atoms with Crippen LogP contribution in [0, 0.1) is 0 Å².